The molecule has 3 aliphatic rings. The fourth-order valence-electron chi connectivity index (χ4n) is 4.45. The third-order valence-electron chi connectivity index (χ3n) is 5.69. The molecule has 3 heteroatoms. The first kappa shape index (κ1) is 14.4. The van der Waals surface area contributed by atoms with Crippen LogP contribution in [0.5, 0.6) is 0 Å². The van der Waals surface area contributed by atoms with Gasteiger partial charge in [0.1, 0.15) is 0 Å². The van der Waals surface area contributed by atoms with Crippen molar-refractivity contribution in [3.8, 4) is 0 Å². The maximum absolute atomic E-state index is 11.9. The summed E-state index contributed by atoms with van der Waals surface area (Å²) in [7, 11) is 0. The molecular weight excluding hydrogens is 248 g/mol. The Morgan fingerprint density at radius 3 is 2.35 bits per heavy atom. The third kappa shape index (κ3) is 2.74. The summed E-state index contributed by atoms with van der Waals surface area (Å²) in [5.74, 6) is 2.35. The molecule has 3 nitrogen and oxygen atoms in total. The maximum atomic E-state index is 11.9. The van der Waals surface area contributed by atoms with E-state index in [1.807, 2.05) is 13.8 Å². The van der Waals surface area contributed by atoms with Crippen molar-refractivity contribution in [2.45, 2.75) is 46.5 Å². The number of carbonyl (C=O) groups excluding carboxylic acids is 1. The molecule has 0 aromatic heterocycles. The number of rotatable bonds is 3. The molecule has 0 N–H and O–H groups in total. The van der Waals surface area contributed by atoms with Gasteiger partial charge in [-0.2, -0.15) is 0 Å². The number of likely N-dealkylation sites (tertiary alicyclic amines) is 2. The van der Waals surface area contributed by atoms with Crippen LogP contribution in [0.25, 0.3) is 0 Å². The fraction of sp³-hybridized carbons (Fsp3) is 0.941. The molecular formula is C17H30N2O. The van der Waals surface area contributed by atoms with Crippen molar-refractivity contribution in [3.05, 3.63) is 0 Å². The van der Waals surface area contributed by atoms with Crippen LogP contribution in [0, 0.1) is 23.2 Å². The van der Waals surface area contributed by atoms with E-state index in [2.05, 4.69) is 16.7 Å². The fourth-order valence-corrected chi connectivity index (χ4v) is 4.45. The molecule has 1 saturated carbocycles. The molecule has 0 radical (unpaired) electrons. The van der Waals surface area contributed by atoms with E-state index in [9.17, 15) is 4.79 Å². The highest BCUT2D eigenvalue weighted by Gasteiger charge is 2.53. The van der Waals surface area contributed by atoms with Gasteiger partial charge in [-0.05, 0) is 50.6 Å². The standard InChI is InChI=1S/C17H30N2O/c1-13(2)16(20)19-11-17(12-19)8-15(9-17)10-18-6-4-14(3)5-7-18/h13-15H,4-12H2,1-3H3. The Balaban J connectivity index is 1.37. The molecule has 1 aliphatic carbocycles. The quantitative estimate of drug-likeness (QED) is 0.792. The predicted octanol–water partition coefficient (Wildman–Crippen LogP) is 2.61. The lowest BCUT2D eigenvalue weighted by Gasteiger charge is -2.60. The van der Waals surface area contributed by atoms with E-state index >= 15 is 0 Å². The molecule has 3 rings (SSSR count). The van der Waals surface area contributed by atoms with Crippen LogP contribution in [0.15, 0.2) is 0 Å². The number of hydrogen-bond acceptors (Lipinski definition) is 2. The van der Waals surface area contributed by atoms with Crippen molar-refractivity contribution in [1.82, 2.24) is 9.80 Å². The topological polar surface area (TPSA) is 23.6 Å². The van der Waals surface area contributed by atoms with Gasteiger partial charge >= 0.3 is 0 Å². The molecule has 0 aromatic carbocycles. The molecule has 20 heavy (non-hydrogen) atoms. The van der Waals surface area contributed by atoms with Crippen LogP contribution in [-0.4, -0.2) is 48.4 Å². The summed E-state index contributed by atoms with van der Waals surface area (Å²) in [6.45, 7) is 12.4. The average Bonchev–Trinajstić information content (AvgIpc) is 2.32. The summed E-state index contributed by atoms with van der Waals surface area (Å²) >= 11 is 0. The van der Waals surface area contributed by atoms with Gasteiger partial charge in [0, 0.05) is 31.0 Å². The lowest BCUT2D eigenvalue weighted by Crippen LogP contribution is -2.65. The summed E-state index contributed by atoms with van der Waals surface area (Å²) in [5.41, 5.74) is 0.526. The first-order valence-electron chi connectivity index (χ1n) is 8.49. The van der Waals surface area contributed by atoms with Crippen LogP contribution in [0.2, 0.25) is 0 Å². The minimum absolute atomic E-state index is 0.165. The Labute approximate surface area is 123 Å². The second-order valence-corrected chi connectivity index (χ2v) is 8.11. The van der Waals surface area contributed by atoms with Gasteiger partial charge in [0.15, 0.2) is 0 Å². The Morgan fingerprint density at radius 2 is 1.80 bits per heavy atom. The van der Waals surface area contributed by atoms with E-state index in [1.54, 1.807) is 0 Å². The van der Waals surface area contributed by atoms with Gasteiger partial charge in [-0.1, -0.05) is 20.8 Å². The van der Waals surface area contributed by atoms with Crippen LogP contribution in [0.1, 0.15) is 46.5 Å². The van der Waals surface area contributed by atoms with Crippen LogP contribution in [-0.2, 0) is 4.79 Å². The molecule has 1 spiro atoms. The van der Waals surface area contributed by atoms with Crippen molar-refractivity contribution >= 4 is 5.91 Å². The Hall–Kier alpha value is -0.570. The molecule has 0 bridgehead atoms. The number of carbonyl (C=O) groups is 1. The first-order valence-corrected chi connectivity index (χ1v) is 8.49. The molecule has 2 saturated heterocycles. The molecule has 1 amide bonds. The Bertz CT molecular complexity index is 357. The summed E-state index contributed by atoms with van der Waals surface area (Å²) in [5, 5.41) is 0. The third-order valence-corrected chi connectivity index (χ3v) is 5.69. The molecule has 3 fully saturated rings. The smallest absolute Gasteiger partial charge is 0.225 e. The highest BCUT2D eigenvalue weighted by molar-refractivity contribution is 5.79. The van der Waals surface area contributed by atoms with Crippen molar-refractivity contribution in [1.29, 1.82) is 0 Å². The van der Waals surface area contributed by atoms with Gasteiger partial charge in [0.05, 0.1) is 0 Å². The van der Waals surface area contributed by atoms with Crippen LogP contribution >= 0.6 is 0 Å². The zero-order chi connectivity index (χ0) is 14.3. The first-order chi connectivity index (χ1) is 9.47. The largest absolute Gasteiger partial charge is 0.341 e. The van der Waals surface area contributed by atoms with Gasteiger partial charge in [-0.25, -0.2) is 0 Å². The number of nitrogens with zero attached hydrogens (tertiary/aromatic N) is 2. The van der Waals surface area contributed by atoms with E-state index in [1.165, 1.54) is 45.3 Å². The molecule has 114 valence electrons. The van der Waals surface area contributed by atoms with Crippen LogP contribution < -0.4 is 0 Å². The lowest BCUT2D eigenvalue weighted by molar-refractivity contribution is -0.159. The molecule has 2 heterocycles. The van der Waals surface area contributed by atoms with E-state index in [0.717, 1.165) is 24.9 Å². The van der Waals surface area contributed by atoms with Gasteiger partial charge in [0.2, 0.25) is 5.91 Å². The number of hydrogen-bond donors (Lipinski definition) is 0. The van der Waals surface area contributed by atoms with Crippen molar-refractivity contribution < 1.29 is 4.79 Å². The maximum Gasteiger partial charge on any atom is 0.225 e. The zero-order valence-corrected chi connectivity index (χ0v) is 13.4. The van der Waals surface area contributed by atoms with Gasteiger partial charge in [-0.3, -0.25) is 4.79 Å². The minimum Gasteiger partial charge on any atom is -0.341 e. The monoisotopic (exact) mass is 278 g/mol. The van der Waals surface area contributed by atoms with Crippen molar-refractivity contribution in [2.75, 3.05) is 32.7 Å². The van der Waals surface area contributed by atoms with E-state index < -0.39 is 0 Å². The van der Waals surface area contributed by atoms with Crippen LogP contribution in [0.3, 0.4) is 0 Å². The molecule has 0 unspecified atom stereocenters. The van der Waals surface area contributed by atoms with E-state index in [0.29, 0.717) is 11.3 Å². The van der Waals surface area contributed by atoms with Crippen molar-refractivity contribution in [3.63, 3.8) is 0 Å². The van der Waals surface area contributed by atoms with Crippen molar-refractivity contribution in [2.24, 2.45) is 23.2 Å². The summed E-state index contributed by atoms with van der Waals surface area (Å²) < 4.78 is 0. The Morgan fingerprint density at radius 1 is 1.20 bits per heavy atom. The highest BCUT2D eigenvalue weighted by atomic mass is 16.2. The predicted molar refractivity (Wildman–Crippen MR) is 81.4 cm³/mol. The minimum atomic E-state index is 0.165. The highest BCUT2D eigenvalue weighted by Crippen LogP contribution is 2.52. The summed E-state index contributed by atoms with van der Waals surface area (Å²) in [6, 6.07) is 0. The van der Waals surface area contributed by atoms with Crippen LogP contribution in [0.4, 0.5) is 0 Å². The SMILES string of the molecule is CC1CCN(CC2CC3(C2)CN(C(=O)C(C)C)C3)CC1. The molecule has 0 aromatic rings. The average molecular weight is 278 g/mol. The second kappa shape index (κ2) is 5.32. The second-order valence-electron chi connectivity index (χ2n) is 8.11. The summed E-state index contributed by atoms with van der Waals surface area (Å²) in [4.78, 5) is 16.6. The molecule has 2 aliphatic heterocycles. The van der Waals surface area contributed by atoms with Gasteiger partial charge in [0.25, 0.3) is 0 Å². The summed E-state index contributed by atoms with van der Waals surface area (Å²) in [6.07, 6.45) is 5.49. The number of amides is 1. The van der Waals surface area contributed by atoms with E-state index in [-0.39, 0.29) is 5.92 Å². The normalized spacial score (nSPS) is 27.7. The van der Waals surface area contributed by atoms with E-state index in [4.69, 9.17) is 0 Å². The number of piperidine rings is 1. The zero-order valence-electron chi connectivity index (χ0n) is 13.4. The van der Waals surface area contributed by atoms with Gasteiger partial charge < -0.3 is 9.80 Å². The molecule has 0 atom stereocenters. The Kier molecular flexibility index (Phi) is 3.83. The lowest BCUT2D eigenvalue weighted by atomic mass is 9.57. The van der Waals surface area contributed by atoms with Gasteiger partial charge in [-0.15, -0.1) is 0 Å².